The van der Waals surface area contributed by atoms with E-state index in [-0.39, 0.29) is 17.7 Å². The number of carboxylic acids is 1. The molecule has 2 nitrogen and oxygen atoms in total. The fourth-order valence-electron chi connectivity index (χ4n) is 1.11. The molecule has 0 fully saturated rings. The van der Waals surface area contributed by atoms with Gasteiger partial charge in [-0.1, -0.05) is 12.1 Å². The molecule has 0 spiro atoms. The molecule has 0 bridgehead atoms. The lowest BCUT2D eigenvalue weighted by Crippen LogP contribution is -2.10. The van der Waals surface area contributed by atoms with Gasteiger partial charge in [-0.3, -0.25) is 0 Å². The minimum atomic E-state index is -2.70. The Morgan fingerprint density at radius 3 is 2.62 bits per heavy atom. The van der Waals surface area contributed by atoms with E-state index in [1.165, 1.54) is 6.07 Å². The molecule has 0 saturated carbocycles. The van der Waals surface area contributed by atoms with Crippen LogP contribution in [0.2, 0.25) is 0 Å². The minimum Gasteiger partial charge on any atom is -0.478 e. The van der Waals surface area contributed by atoms with Gasteiger partial charge in [0.1, 0.15) is 0 Å². The molecule has 0 aliphatic heterocycles. The normalized spacial score (nSPS) is 11.4. The topological polar surface area (TPSA) is 37.3 Å². The average molecular weight is 246 g/mol. The van der Waals surface area contributed by atoms with Crippen molar-refractivity contribution in [2.24, 2.45) is 0 Å². The number of hydrogen-bond acceptors (Lipinski definition) is 2. The van der Waals surface area contributed by atoms with Crippen LogP contribution in [-0.2, 0) is 0 Å². The van der Waals surface area contributed by atoms with Gasteiger partial charge < -0.3 is 5.11 Å². The SMILES string of the molecule is CC(F)(F)CCSc1ccccc1C(=O)O. The van der Waals surface area contributed by atoms with E-state index in [1.807, 2.05) is 0 Å². The first-order valence-corrected chi connectivity index (χ1v) is 5.71. The molecule has 0 aliphatic rings. The first kappa shape index (κ1) is 13.0. The highest BCUT2D eigenvalue weighted by molar-refractivity contribution is 7.99. The predicted octanol–water partition coefficient (Wildman–Crippen LogP) is 3.52. The van der Waals surface area contributed by atoms with Gasteiger partial charge in [0.05, 0.1) is 5.56 Å². The molecule has 88 valence electrons. The molecule has 1 aromatic rings. The van der Waals surface area contributed by atoms with E-state index in [9.17, 15) is 13.6 Å². The monoisotopic (exact) mass is 246 g/mol. The third-order valence-electron chi connectivity index (χ3n) is 1.92. The number of thioether (sulfide) groups is 1. The van der Waals surface area contributed by atoms with Gasteiger partial charge in [0.15, 0.2) is 0 Å². The van der Waals surface area contributed by atoms with Gasteiger partial charge in [0.25, 0.3) is 0 Å². The molecule has 0 aliphatic carbocycles. The van der Waals surface area contributed by atoms with Crippen molar-refractivity contribution in [1.29, 1.82) is 0 Å². The van der Waals surface area contributed by atoms with Crippen molar-refractivity contribution in [2.75, 3.05) is 5.75 Å². The van der Waals surface area contributed by atoms with E-state index in [4.69, 9.17) is 5.11 Å². The molecule has 1 aromatic carbocycles. The van der Waals surface area contributed by atoms with Crippen molar-refractivity contribution in [3.05, 3.63) is 29.8 Å². The standard InChI is InChI=1S/C11H12F2O2S/c1-11(12,13)6-7-16-9-5-3-2-4-8(9)10(14)15/h2-5H,6-7H2,1H3,(H,14,15). The number of rotatable bonds is 5. The van der Waals surface area contributed by atoms with Crippen LogP contribution in [0.4, 0.5) is 8.78 Å². The fourth-order valence-corrected chi connectivity index (χ4v) is 2.28. The van der Waals surface area contributed by atoms with E-state index in [0.29, 0.717) is 4.90 Å². The first-order chi connectivity index (χ1) is 7.40. The predicted molar refractivity (Wildman–Crippen MR) is 59.4 cm³/mol. The summed E-state index contributed by atoms with van der Waals surface area (Å²) >= 11 is 1.14. The number of carboxylic acid groups (broad SMARTS) is 1. The number of aromatic carboxylic acids is 1. The highest BCUT2D eigenvalue weighted by Gasteiger charge is 2.20. The molecule has 0 amide bonds. The van der Waals surface area contributed by atoms with Crippen molar-refractivity contribution in [3.63, 3.8) is 0 Å². The zero-order valence-corrected chi connectivity index (χ0v) is 9.56. The molecule has 16 heavy (non-hydrogen) atoms. The average Bonchev–Trinajstić information content (AvgIpc) is 2.16. The van der Waals surface area contributed by atoms with Crippen LogP contribution >= 0.6 is 11.8 Å². The first-order valence-electron chi connectivity index (χ1n) is 4.73. The highest BCUT2D eigenvalue weighted by Crippen LogP contribution is 2.27. The maximum absolute atomic E-state index is 12.6. The Hall–Kier alpha value is -1.10. The summed E-state index contributed by atoms with van der Waals surface area (Å²) in [4.78, 5) is 11.3. The summed E-state index contributed by atoms with van der Waals surface area (Å²) in [6, 6.07) is 6.40. The second-order valence-corrected chi connectivity index (χ2v) is 4.61. The number of carbonyl (C=O) groups is 1. The molecule has 1 rings (SSSR count). The number of alkyl halides is 2. The van der Waals surface area contributed by atoms with E-state index in [2.05, 4.69) is 0 Å². The summed E-state index contributed by atoms with van der Waals surface area (Å²) in [5.74, 6) is -3.54. The van der Waals surface area contributed by atoms with Crippen LogP contribution in [0, 0.1) is 0 Å². The molecule has 0 heterocycles. The van der Waals surface area contributed by atoms with Crippen LogP contribution in [0.25, 0.3) is 0 Å². The summed E-state index contributed by atoms with van der Waals surface area (Å²) in [6.07, 6.45) is -0.258. The van der Waals surface area contributed by atoms with Crippen molar-refractivity contribution in [3.8, 4) is 0 Å². The third kappa shape index (κ3) is 4.18. The van der Waals surface area contributed by atoms with Gasteiger partial charge in [-0.05, 0) is 19.1 Å². The Morgan fingerprint density at radius 1 is 1.44 bits per heavy atom. The van der Waals surface area contributed by atoms with Crippen LogP contribution in [0.5, 0.6) is 0 Å². The van der Waals surface area contributed by atoms with Gasteiger partial charge in [0, 0.05) is 17.1 Å². The molecular formula is C11H12F2O2S. The van der Waals surface area contributed by atoms with Gasteiger partial charge >= 0.3 is 5.97 Å². The second kappa shape index (κ2) is 5.30. The Bertz CT molecular complexity index is 374. The van der Waals surface area contributed by atoms with Gasteiger partial charge in [-0.2, -0.15) is 0 Å². The highest BCUT2D eigenvalue weighted by atomic mass is 32.2. The summed E-state index contributed by atoms with van der Waals surface area (Å²) in [5, 5.41) is 8.86. The van der Waals surface area contributed by atoms with Crippen LogP contribution in [-0.4, -0.2) is 22.8 Å². The maximum atomic E-state index is 12.6. The zero-order chi connectivity index (χ0) is 12.2. The molecular weight excluding hydrogens is 234 g/mol. The Kier molecular flexibility index (Phi) is 4.29. The van der Waals surface area contributed by atoms with Gasteiger partial charge in [0.2, 0.25) is 5.92 Å². The Labute approximate surface area is 96.7 Å². The van der Waals surface area contributed by atoms with Crippen molar-refractivity contribution < 1.29 is 18.7 Å². The van der Waals surface area contributed by atoms with E-state index in [0.717, 1.165) is 18.7 Å². The summed E-state index contributed by atoms with van der Waals surface area (Å²) in [6.45, 7) is 0.858. The Balaban J connectivity index is 2.64. The lowest BCUT2D eigenvalue weighted by atomic mass is 10.2. The van der Waals surface area contributed by atoms with E-state index in [1.54, 1.807) is 18.2 Å². The quantitative estimate of drug-likeness (QED) is 0.808. The molecule has 0 radical (unpaired) electrons. The second-order valence-electron chi connectivity index (χ2n) is 3.47. The number of halogens is 2. The Morgan fingerprint density at radius 2 is 2.06 bits per heavy atom. The zero-order valence-electron chi connectivity index (χ0n) is 8.74. The minimum absolute atomic E-state index is 0.159. The molecule has 0 aromatic heterocycles. The smallest absolute Gasteiger partial charge is 0.336 e. The number of benzene rings is 1. The lowest BCUT2D eigenvalue weighted by Gasteiger charge is -2.10. The number of hydrogen-bond donors (Lipinski definition) is 1. The third-order valence-corrected chi connectivity index (χ3v) is 2.99. The van der Waals surface area contributed by atoms with E-state index >= 15 is 0 Å². The van der Waals surface area contributed by atoms with Crippen LogP contribution in [0.3, 0.4) is 0 Å². The van der Waals surface area contributed by atoms with Gasteiger partial charge in [-0.25, -0.2) is 13.6 Å². The molecule has 0 atom stereocenters. The van der Waals surface area contributed by atoms with Crippen molar-refractivity contribution >= 4 is 17.7 Å². The van der Waals surface area contributed by atoms with Crippen molar-refractivity contribution in [1.82, 2.24) is 0 Å². The van der Waals surface area contributed by atoms with Crippen LogP contribution < -0.4 is 0 Å². The van der Waals surface area contributed by atoms with Gasteiger partial charge in [-0.15, -0.1) is 11.8 Å². The summed E-state index contributed by atoms with van der Waals surface area (Å²) in [5.41, 5.74) is 0.159. The molecule has 1 N–H and O–H groups in total. The maximum Gasteiger partial charge on any atom is 0.336 e. The summed E-state index contributed by atoms with van der Waals surface area (Å²) in [7, 11) is 0. The molecule has 0 unspecified atom stereocenters. The van der Waals surface area contributed by atoms with Crippen LogP contribution in [0.1, 0.15) is 23.7 Å². The molecule has 5 heteroatoms. The lowest BCUT2D eigenvalue weighted by molar-refractivity contribution is 0.0194. The fraction of sp³-hybridized carbons (Fsp3) is 0.364. The largest absolute Gasteiger partial charge is 0.478 e. The molecule has 0 saturated heterocycles. The van der Waals surface area contributed by atoms with Crippen molar-refractivity contribution in [2.45, 2.75) is 24.2 Å². The van der Waals surface area contributed by atoms with Crippen LogP contribution in [0.15, 0.2) is 29.2 Å². The van der Waals surface area contributed by atoms with E-state index < -0.39 is 11.9 Å². The summed E-state index contributed by atoms with van der Waals surface area (Å²) < 4.78 is 25.1.